The van der Waals surface area contributed by atoms with Gasteiger partial charge in [0.05, 0.1) is 5.39 Å². The van der Waals surface area contributed by atoms with Crippen molar-refractivity contribution in [2.75, 3.05) is 0 Å². The Balaban J connectivity index is 1.04. The lowest BCUT2D eigenvalue weighted by molar-refractivity contribution is 0.663. The molecule has 2 aromatic heterocycles. The molecule has 232 valence electrons. The number of furan rings is 2. The van der Waals surface area contributed by atoms with Crippen molar-refractivity contribution in [3.8, 4) is 33.4 Å². The highest BCUT2D eigenvalue weighted by molar-refractivity contribution is 6.23. The normalized spacial score (nSPS) is 12.0. The van der Waals surface area contributed by atoms with Crippen molar-refractivity contribution in [3.63, 3.8) is 0 Å². The quantitative estimate of drug-likeness (QED) is 0.180. The first kappa shape index (κ1) is 27.3. The molecule has 2 heterocycles. The molecule has 0 atom stereocenters. The molecule has 0 bridgehead atoms. The maximum Gasteiger partial charge on any atom is 0.147 e. The highest BCUT2D eigenvalue weighted by atomic mass is 16.3. The van der Waals surface area contributed by atoms with Gasteiger partial charge in [0, 0.05) is 16.2 Å². The summed E-state index contributed by atoms with van der Waals surface area (Å²) in [5, 5.41) is 11.7. The Hall–Kier alpha value is -6.64. The molecule has 0 spiro atoms. The van der Waals surface area contributed by atoms with Crippen LogP contribution in [0.25, 0.3) is 110 Å². The van der Waals surface area contributed by atoms with Gasteiger partial charge in [0.25, 0.3) is 0 Å². The van der Waals surface area contributed by atoms with E-state index in [0.717, 1.165) is 49.3 Å². The van der Waals surface area contributed by atoms with Crippen LogP contribution in [0.15, 0.2) is 179 Å². The maximum atomic E-state index is 6.60. The van der Waals surface area contributed by atoms with Crippen molar-refractivity contribution < 1.29 is 8.83 Å². The highest BCUT2D eigenvalue weighted by Crippen LogP contribution is 2.44. The summed E-state index contributed by atoms with van der Waals surface area (Å²) in [6.07, 6.45) is 0. The van der Waals surface area contributed by atoms with Crippen molar-refractivity contribution in [3.05, 3.63) is 170 Å². The minimum absolute atomic E-state index is 0.848. The van der Waals surface area contributed by atoms with E-state index in [1.165, 1.54) is 60.3 Å². The summed E-state index contributed by atoms with van der Waals surface area (Å²) in [5.74, 6) is 0. The predicted molar refractivity (Wildman–Crippen MR) is 210 cm³/mol. The largest absolute Gasteiger partial charge is 0.456 e. The maximum absolute atomic E-state index is 6.60. The van der Waals surface area contributed by atoms with Crippen LogP contribution >= 0.6 is 0 Å². The number of rotatable bonds is 3. The van der Waals surface area contributed by atoms with Crippen LogP contribution in [0, 0.1) is 0 Å². The molecule has 0 N–H and O–H groups in total. The van der Waals surface area contributed by atoms with Crippen molar-refractivity contribution in [2.24, 2.45) is 0 Å². The third kappa shape index (κ3) is 3.96. The predicted octanol–water partition coefficient (Wildman–Crippen LogP) is 13.9. The monoisotopic (exact) mass is 636 g/mol. The Kier molecular flexibility index (Phi) is 5.70. The summed E-state index contributed by atoms with van der Waals surface area (Å²) in [7, 11) is 0. The lowest BCUT2D eigenvalue weighted by atomic mass is 9.85. The second-order valence-corrected chi connectivity index (χ2v) is 13.2. The molecule has 9 aromatic carbocycles. The molecule has 0 amide bonds. The lowest BCUT2D eigenvalue weighted by Crippen LogP contribution is -1.90. The van der Waals surface area contributed by atoms with Crippen LogP contribution < -0.4 is 0 Å². The number of para-hydroxylation sites is 1. The van der Waals surface area contributed by atoms with E-state index in [-0.39, 0.29) is 0 Å². The van der Waals surface area contributed by atoms with Gasteiger partial charge in [0.15, 0.2) is 0 Å². The van der Waals surface area contributed by atoms with Crippen LogP contribution in [0.4, 0.5) is 0 Å². The number of benzene rings is 9. The van der Waals surface area contributed by atoms with Gasteiger partial charge in [-0.15, -0.1) is 0 Å². The fourth-order valence-corrected chi connectivity index (χ4v) is 8.15. The van der Waals surface area contributed by atoms with Crippen LogP contribution in [0.5, 0.6) is 0 Å². The topological polar surface area (TPSA) is 26.3 Å². The van der Waals surface area contributed by atoms with Gasteiger partial charge in [0.1, 0.15) is 22.3 Å². The molecule has 0 aliphatic heterocycles. The molecule has 0 fully saturated rings. The first-order chi connectivity index (χ1) is 24.8. The average Bonchev–Trinajstić information content (AvgIpc) is 3.74. The van der Waals surface area contributed by atoms with E-state index in [1.54, 1.807) is 0 Å². The Morgan fingerprint density at radius 3 is 1.56 bits per heavy atom. The molecule has 11 rings (SSSR count). The summed E-state index contributed by atoms with van der Waals surface area (Å²) in [6, 6.07) is 61.0. The standard InChI is InChI=1S/C48H28O2/c1-2-10-30(11-3-1)45-35-12-4-6-14-37(35)46(38-15-7-5-13-36(38)45)31-20-18-29(19-21-31)32-22-23-33-27-41-39-24-25-43-47(40-16-8-9-17-42(40)49-43)48(39)50-44(41)28-34(33)26-32/h1-28H. The summed E-state index contributed by atoms with van der Waals surface area (Å²) < 4.78 is 12.7. The van der Waals surface area contributed by atoms with Crippen molar-refractivity contribution in [2.45, 2.75) is 0 Å². The van der Waals surface area contributed by atoms with Gasteiger partial charge < -0.3 is 8.83 Å². The van der Waals surface area contributed by atoms with Crippen LogP contribution in [-0.4, -0.2) is 0 Å². The Morgan fingerprint density at radius 2 is 0.860 bits per heavy atom. The molecule has 0 unspecified atom stereocenters. The molecular formula is C48H28O2. The summed E-state index contributed by atoms with van der Waals surface area (Å²) >= 11 is 0. The van der Waals surface area contributed by atoms with E-state index in [9.17, 15) is 0 Å². The second-order valence-electron chi connectivity index (χ2n) is 13.2. The minimum atomic E-state index is 0.848. The number of fused-ring (bicyclic) bond motifs is 10. The van der Waals surface area contributed by atoms with Gasteiger partial charge >= 0.3 is 0 Å². The average molecular weight is 637 g/mol. The van der Waals surface area contributed by atoms with Gasteiger partial charge in [-0.25, -0.2) is 0 Å². The molecular weight excluding hydrogens is 609 g/mol. The zero-order valence-corrected chi connectivity index (χ0v) is 27.0. The van der Waals surface area contributed by atoms with Crippen LogP contribution in [0.2, 0.25) is 0 Å². The molecule has 0 aliphatic rings. The zero-order valence-electron chi connectivity index (χ0n) is 27.0. The molecule has 50 heavy (non-hydrogen) atoms. The van der Waals surface area contributed by atoms with Gasteiger partial charge in [0.2, 0.25) is 0 Å². The van der Waals surface area contributed by atoms with E-state index in [2.05, 4.69) is 152 Å². The Morgan fingerprint density at radius 1 is 0.280 bits per heavy atom. The molecule has 2 nitrogen and oxygen atoms in total. The number of hydrogen-bond acceptors (Lipinski definition) is 2. The highest BCUT2D eigenvalue weighted by Gasteiger charge is 2.18. The van der Waals surface area contributed by atoms with Crippen LogP contribution in [-0.2, 0) is 0 Å². The second kappa shape index (κ2) is 10.4. The van der Waals surface area contributed by atoms with E-state index in [0.29, 0.717) is 0 Å². The fraction of sp³-hybridized carbons (Fsp3) is 0. The van der Waals surface area contributed by atoms with Crippen LogP contribution in [0.3, 0.4) is 0 Å². The number of hydrogen-bond donors (Lipinski definition) is 0. The lowest BCUT2D eigenvalue weighted by Gasteiger charge is -2.18. The molecule has 0 saturated carbocycles. The molecule has 2 heteroatoms. The molecule has 0 saturated heterocycles. The first-order valence-corrected chi connectivity index (χ1v) is 17.1. The molecule has 0 radical (unpaired) electrons. The summed E-state index contributed by atoms with van der Waals surface area (Å²) in [5.41, 5.74) is 10.9. The summed E-state index contributed by atoms with van der Waals surface area (Å²) in [4.78, 5) is 0. The van der Waals surface area contributed by atoms with Crippen LogP contribution in [0.1, 0.15) is 0 Å². The SMILES string of the molecule is c1ccc(-c2c3ccccc3c(-c3ccc(-c4ccc5cc6c(cc5c4)oc4c6ccc5oc6ccccc6c54)cc3)c3ccccc23)cc1. The molecule has 0 aliphatic carbocycles. The zero-order chi connectivity index (χ0) is 32.8. The molecule has 11 aromatic rings. The van der Waals surface area contributed by atoms with Crippen molar-refractivity contribution >= 4 is 76.2 Å². The van der Waals surface area contributed by atoms with E-state index < -0.39 is 0 Å². The minimum Gasteiger partial charge on any atom is -0.456 e. The van der Waals surface area contributed by atoms with Gasteiger partial charge in [-0.3, -0.25) is 0 Å². The third-order valence-electron chi connectivity index (χ3n) is 10.4. The Labute approximate surface area is 287 Å². The van der Waals surface area contributed by atoms with E-state index in [1.807, 2.05) is 18.2 Å². The van der Waals surface area contributed by atoms with E-state index >= 15 is 0 Å². The third-order valence-corrected chi connectivity index (χ3v) is 10.4. The van der Waals surface area contributed by atoms with Gasteiger partial charge in [-0.1, -0.05) is 133 Å². The van der Waals surface area contributed by atoms with Crippen molar-refractivity contribution in [1.29, 1.82) is 0 Å². The first-order valence-electron chi connectivity index (χ1n) is 17.1. The fourth-order valence-electron chi connectivity index (χ4n) is 8.15. The Bertz CT molecular complexity index is 3070. The van der Waals surface area contributed by atoms with Gasteiger partial charge in [-0.2, -0.15) is 0 Å². The summed E-state index contributed by atoms with van der Waals surface area (Å²) in [6.45, 7) is 0. The van der Waals surface area contributed by atoms with Gasteiger partial charge in [-0.05, 0) is 102 Å². The van der Waals surface area contributed by atoms with Crippen molar-refractivity contribution in [1.82, 2.24) is 0 Å². The smallest absolute Gasteiger partial charge is 0.147 e. The van der Waals surface area contributed by atoms with E-state index in [4.69, 9.17) is 8.83 Å².